The van der Waals surface area contributed by atoms with Crippen molar-refractivity contribution in [2.45, 2.75) is 39.0 Å². The van der Waals surface area contributed by atoms with Crippen molar-refractivity contribution in [2.24, 2.45) is 0 Å². The molecule has 2 heteroatoms. The molecule has 0 aliphatic carbocycles. The number of alkyl halides is 1. The molecular weight excluding hydrogens is 155 g/mol. The number of halogens is 1. The molecule has 0 heterocycles. The molecule has 0 bridgehead atoms. The van der Waals surface area contributed by atoms with Crippen LogP contribution in [0.3, 0.4) is 0 Å². The fraction of sp³-hybridized carbons (Fsp3) is 0.600. The molecule has 12 heavy (non-hydrogen) atoms. The molecule has 0 saturated carbocycles. The van der Waals surface area contributed by atoms with Crippen LogP contribution in [0.5, 0.6) is 0 Å². The minimum Gasteiger partial charge on any atom is -0.389 e. The van der Waals surface area contributed by atoms with Gasteiger partial charge in [0.25, 0.3) is 0 Å². The molecule has 0 fully saturated rings. The number of allylic oxidation sites excluding steroid dienone is 2. The largest absolute Gasteiger partial charge is 0.389 e. The van der Waals surface area contributed by atoms with E-state index >= 15 is 0 Å². The summed E-state index contributed by atoms with van der Waals surface area (Å²) in [5.74, 6) is 0. The van der Waals surface area contributed by atoms with Crippen molar-refractivity contribution < 1.29 is 9.50 Å². The minimum absolute atomic E-state index is 0.312. The Morgan fingerprint density at radius 1 is 1.67 bits per heavy atom. The highest BCUT2D eigenvalue weighted by Gasteiger charge is 2.03. The summed E-state index contributed by atoms with van der Waals surface area (Å²) in [6.07, 6.45) is 2.55. The second-order valence-electron chi connectivity index (χ2n) is 2.86. The number of aliphatic hydroxyl groups is 1. The average molecular weight is 172 g/mol. The summed E-state index contributed by atoms with van der Waals surface area (Å²) in [4.78, 5) is 0. The van der Waals surface area contributed by atoms with Crippen LogP contribution in [-0.4, -0.2) is 17.4 Å². The lowest BCUT2D eigenvalue weighted by Crippen LogP contribution is -2.06. The third-order valence-corrected chi connectivity index (χ3v) is 1.83. The molecule has 0 saturated heterocycles. The lowest BCUT2D eigenvalue weighted by molar-refractivity contribution is 0.206. The summed E-state index contributed by atoms with van der Waals surface area (Å²) in [6.45, 7) is 7.04. The van der Waals surface area contributed by atoms with Crippen molar-refractivity contribution >= 4 is 0 Å². The van der Waals surface area contributed by atoms with E-state index in [2.05, 4.69) is 6.58 Å². The van der Waals surface area contributed by atoms with Crippen LogP contribution in [0.2, 0.25) is 0 Å². The topological polar surface area (TPSA) is 20.2 Å². The molecule has 0 radical (unpaired) electrons. The lowest BCUT2D eigenvalue weighted by atomic mass is 10.1. The molecule has 70 valence electrons. The molecule has 1 N–H and O–H groups in total. The molecule has 1 nitrogen and oxygen atoms in total. The van der Waals surface area contributed by atoms with E-state index in [0.29, 0.717) is 12.8 Å². The summed E-state index contributed by atoms with van der Waals surface area (Å²) < 4.78 is 12.6. The molecule has 0 aromatic carbocycles. The average Bonchev–Trinajstić information content (AvgIpc) is 2.11. The van der Waals surface area contributed by atoms with Gasteiger partial charge in [0.1, 0.15) is 6.17 Å². The zero-order chi connectivity index (χ0) is 9.56. The van der Waals surface area contributed by atoms with Crippen LogP contribution in [-0.2, 0) is 0 Å². The van der Waals surface area contributed by atoms with Crippen molar-refractivity contribution in [1.29, 1.82) is 0 Å². The van der Waals surface area contributed by atoms with Gasteiger partial charge in [-0.15, -0.1) is 6.58 Å². The zero-order valence-electron chi connectivity index (χ0n) is 7.76. The number of hydrogen-bond acceptors (Lipinski definition) is 1. The first kappa shape index (κ1) is 11.4. The van der Waals surface area contributed by atoms with E-state index in [-0.39, 0.29) is 0 Å². The van der Waals surface area contributed by atoms with Gasteiger partial charge < -0.3 is 5.11 Å². The van der Waals surface area contributed by atoms with Gasteiger partial charge in [-0.2, -0.15) is 0 Å². The van der Waals surface area contributed by atoms with Crippen LogP contribution < -0.4 is 0 Å². The molecule has 0 rings (SSSR count). The van der Waals surface area contributed by atoms with Crippen molar-refractivity contribution in [2.75, 3.05) is 0 Å². The lowest BCUT2D eigenvalue weighted by Gasteiger charge is -2.08. The molecule has 2 unspecified atom stereocenters. The third kappa shape index (κ3) is 4.29. The zero-order valence-corrected chi connectivity index (χ0v) is 7.76. The third-order valence-electron chi connectivity index (χ3n) is 1.83. The number of hydrogen-bond donors (Lipinski definition) is 1. The number of aliphatic hydroxyl groups excluding tert-OH is 1. The van der Waals surface area contributed by atoms with Crippen LogP contribution in [0.25, 0.3) is 0 Å². The summed E-state index contributed by atoms with van der Waals surface area (Å²) >= 11 is 0. The van der Waals surface area contributed by atoms with Gasteiger partial charge in [0.2, 0.25) is 0 Å². The maximum atomic E-state index is 12.6. The Morgan fingerprint density at radius 3 is 2.67 bits per heavy atom. The first-order chi connectivity index (χ1) is 5.61. The first-order valence-corrected chi connectivity index (χ1v) is 4.23. The van der Waals surface area contributed by atoms with Crippen molar-refractivity contribution in [3.8, 4) is 0 Å². The molecule has 0 aromatic heterocycles. The van der Waals surface area contributed by atoms with E-state index in [4.69, 9.17) is 0 Å². The molecule has 2 atom stereocenters. The predicted octanol–water partition coefficient (Wildman–Crippen LogP) is 2.62. The van der Waals surface area contributed by atoms with Crippen molar-refractivity contribution in [1.82, 2.24) is 0 Å². The summed E-state index contributed by atoms with van der Waals surface area (Å²) in [5.41, 5.74) is 0.835. The van der Waals surface area contributed by atoms with Gasteiger partial charge in [-0.25, -0.2) is 4.39 Å². The summed E-state index contributed by atoms with van der Waals surface area (Å²) in [5, 5.41) is 9.30. The molecule has 0 aromatic rings. The van der Waals surface area contributed by atoms with Gasteiger partial charge in [-0.3, -0.25) is 0 Å². The summed E-state index contributed by atoms with van der Waals surface area (Å²) in [7, 11) is 0. The molecule has 0 aliphatic heterocycles. The van der Waals surface area contributed by atoms with Gasteiger partial charge in [0.05, 0.1) is 6.10 Å². The Kier molecular flexibility index (Phi) is 5.64. The van der Waals surface area contributed by atoms with Gasteiger partial charge >= 0.3 is 0 Å². The van der Waals surface area contributed by atoms with Crippen LogP contribution in [0.4, 0.5) is 4.39 Å². The molecule has 0 spiro atoms. The SMILES string of the molecule is C=CC(F)C/C=C(\C)C(O)CC. The fourth-order valence-electron chi connectivity index (χ4n) is 0.853. The molecular formula is C10H17FO. The van der Waals surface area contributed by atoms with Gasteiger partial charge in [0.15, 0.2) is 0 Å². The van der Waals surface area contributed by atoms with E-state index in [9.17, 15) is 9.50 Å². The van der Waals surface area contributed by atoms with Crippen molar-refractivity contribution in [3.63, 3.8) is 0 Å². The minimum atomic E-state index is -0.996. The van der Waals surface area contributed by atoms with Gasteiger partial charge in [-0.1, -0.05) is 19.1 Å². The Balaban J connectivity index is 3.91. The number of rotatable bonds is 5. The predicted molar refractivity (Wildman–Crippen MR) is 49.8 cm³/mol. The monoisotopic (exact) mass is 172 g/mol. The highest BCUT2D eigenvalue weighted by molar-refractivity contribution is 5.05. The van der Waals surface area contributed by atoms with E-state index in [1.165, 1.54) is 6.08 Å². The van der Waals surface area contributed by atoms with E-state index in [0.717, 1.165) is 5.57 Å². The van der Waals surface area contributed by atoms with Crippen LogP contribution in [0.1, 0.15) is 26.7 Å². The van der Waals surface area contributed by atoms with Crippen LogP contribution in [0.15, 0.2) is 24.3 Å². The fourth-order valence-corrected chi connectivity index (χ4v) is 0.853. The Bertz CT molecular complexity index is 163. The van der Waals surface area contributed by atoms with Gasteiger partial charge in [0, 0.05) is 6.42 Å². The van der Waals surface area contributed by atoms with Crippen molar-refractivity contribution in [3.05, 3.63) is 24.3 Å². The highest BCUT2D eigenvalue weighted by atomic mass is 19.1. The van der Waals surface area contributed by atoms with Gasteiger partial charge in [-0.05, 0) is 18.9 Å². The van der Waals surface area contributed by atoms with E-state index in [1.807, 2.05) is 13.8 Å². The molecule has 0 amide bonds. The Labute approximate surface area is 73.6 Å². The van der Waals surface area contributed by atoms with E-state index < -0.39 is 12.3 Å². The second-order valence-corrected chi connectivity index (χ2v) is 2.86. The maximum Gasteiger partial charge on any atom is 0.121 e. The second kappa shape index (κ2) is 5.95. The summed E-state index contributed by atoms with van der Waals surface area (Å²) in [6, 6.07) is 0. The normalized spacial score (nSPS) is 17.2. The molecule has 0 aliphatic rings. The first-order valence-electron chi connectivity index (χ1n) is 4.23. The smallest absolute Gasteiger partial charge is 0.121 e. The maximum absolute atomic E-state index is 12.6. The van der Waals surface area contributed by atoms with E-state index in [1.54, 1.807) is 6.08 Å². The Morgan fingerprint density at radius 2 is 2.25 bits per heavy atom. The van der Waals surface area contributed by atoms with Crippen LogP contribution >= 0.6 is 0 Å². The standard InChI is InChI=1S/C10H17FO/c1-4-9(11)7-6-8(3)10(12)5-2/h4,6,9-10,12H,1,5,7H2,2-3H3/b8-6+. The Hall–Kier alpha value is -0.630. The highest BCUT2D eigenvalue weighted by Crippen LogP contribution is 2.08. The quantitative estimate of drug-likeness (QED) is 0.632. The van der Waals surface area contributed by atoms with Crippen LogP contribution in [0, 0.1) is 0 Å².